The van der Waals surface area contributed by atoms with E-state index in [1.54, 1.807) is 0 Å². The van der Waals surface area contributed by atoms with Gasteiger partial charge in [0, 0.05) is 70.0 Å². The lowest BCUT2D eigenvalue weighted by molar-refractivity contribution is 0.161. The number of hydrogen-bond acceptors (Lipinski definition) is 12. The van der Waals surface area contributed by atoms with Gasteiger partial charge >= 0.3 is 0 Å². The SMILES string of the molecule is C.C=P(C)(C)OC1CC(CC)N(C)C1.C=P(C)(C)OC1CCN(C)C1CC.C=P(C)(C)OC1CN(C)CC1CC.C=P(C)(C)OCC1C(C)CCN1C.C=P(C)(C)OCC1CC(C)CN1C.C=P(C)(C)OCC1CN(C)CC1C. The van der Waals surface area contributed by atoms with Crippen molar-refractivity contribution in [1.82, 2.24) is 29.4 Å². The Kier molecular flexibility index (Phi) is 37.2. The monoisotopic (exact) mass is 1230 g/mol. The molecule has 0 radical (unpaired) electrons. The molecule has 6 fully saturated rings. The minimum absolute atomic E-state index is 0. The maximum absolute atomic E-state index is 6.03. The van der Waals surface area contributed by atoms with Crippen LogP contribution in [-0.4, -0.2) is 304 Å². The summed E-state index contributed by atoms with van der Waals surface area (Å²) in [6.07, 6.45) is 34.3. The van der Waals surface area contributed by atoms with Gasteiger partial charge < -0.3 is 56.5 Å². The van der Waals surface area contributed by atoms with Crippen LogP contribution in [0.1, 0.15) is 93.9 Å². The molecule has 0 spiro atoms. The molecule has 476 valence electrons. The molecule has 6 aliphatic rings. The zero-order valence-corrected chi connectivity index (χ0v) is 61.1. The Morgan fingerprint density at radius 3 is 1.27 bits per heavy atom. The minimum Gasteiger partial charge on any atom is -0.362 e. The molecule has 12 nitrogen and oxygen atoms in total. The summed E-state index contributed by atoms with van der Waals surface area (Å²) >= 11 is 0. The maximum Gasteiger partial charge on any atom is 0.0782 e. The Labute approximate surface area is 494 Å². The van der Waals surface area contributed by atoms with E-state index in [0.29, 0.717) is 48.3 Å². The summed E-state index contributed by atoms with van der Waals surface area (Å²) < 4.78 is 35.4. The van der Waals surface area contributed by atoms with E-state index in [2.05, 4.69) is 231 Å². The lowest BCUT2D eigenvalue weighted by Gasteiger charge is -2.27. The van der Waals surface area contributed by atoms with Crippen molar-refractivity contribution in [1.29, 1.82) is 0 Å². The van der Waals surface area contributed by atoms with Crippen LogP contribution in [0.25, 0.3) is 0 Å². The predicted octanol–water partition coefficient (Wildman–Crippen LogP) is 12.6. The fourth-order valence-electron chi connectivity index (χ4n) is 11.4. The van der Waals surface area contributed by atoms with Crippen molar-refractivity contribution >= 4 is 80.5 Å². The molecule has 12 atom stereocenters. The van der Waals surface area contributed by atoms with Crippen molar-refractivity contribution in [3.05, 3.63) is 0 Å². The largest absolute Gasteiger partial charge is 0.362 e. The molecular weight excluding hydrogens is 1100 g/mol. The first-order valence-electron chi connectivity index (χ1n) is 29.7. The molecular formula is C61H136N6O6P6. The normalized spacial score (nSPS) is 30.7. The number of rotatable bonds is 18. The average molecular weight is 1240 g/mol. The molecule has 0 aromatic rings. The molecule has 6 aliphatic heterocycles. The molecule has 0 aromatic heterocycles. The Morgan fingerprint density at radius 1 is 0.405 bits per heavy atom. The van der Waals surface area contributed by atoms with Crippen molar-refractivity contribution in [2.24, 2.45) is 29.6 Å². The molecule has 6 rings (SSSR count). The summed E-state index contributed by atoms with van der Waals surface area (Å²) in [5, 5.41) is 0. The highest BCUT2D eigenvalue weighted by Gasteiger charge is 2.34. The Morgan fingerprint density at radius 2 is 0.861 bits per heavy atom. The summed E-state index contributed by atoms with van der Waals surface area (Å²) in [6.45, 7) is 51.1. The van der Waals surface area contributed by atoms with Crippen LogP contribution in [0.4, 0.5) is 0 Å². The highest BCUT2D eigenvalue weighted by Crippen LogP contribution is 2.44. The van der Waals surface area contributed by atoms with Gasteiger partial charge in [0.05, 0.1) is 38.1 Å². The summed E-state index contributed by atoms with van der Waals surface area (Å²) in [4.78, 5) is 14.4. The van der Waals surface area contributed by atoms with E-state index in [9.17, 15) is 0 Å². The predicted molar refractivity (Wildman–Crippen MR) is 379 cm³/mol. The molecule has 0 aromatic carbocycles. The molecule has 79 heavy (non-hydrogen) atoms. The zero-order valence-electron chi connectivity index (χ0n) is 55.7. The summed E-state index contributed by atoms with van der Waals surface area (Å²) in [5.74, 6) is 3.80. The lowest BCUT2D eigenvalue weighted by atomic mass is 10.00. The van der Waals surface area contributed by atoms with Gasteiger partial charge in [-0.3, -0.25) is 0 Å². The zero-order chi connectivity index (χ0) is 60.4. The van der Waals surface area contributed by atoms with Gasteiger partial charge in [0.25, 0.3) is 0 Å². The van der Waals surface area contributed by atoms with E-state index in [1.807, 2.05) is 0 Å². The third-order valence-corrected chi connectivity index (χ3v) is 20.6. The van der Waals surface area contributed by atoms with Crippen molar-refractivity contribution < 1.29 is 27.1 Å². The van der Waals surface area contributed by atoms with Crippen LogP contribution in [0.5, 0.6) is 0 Å². The van der Waals surface area contributed by atoms with E-state index >= 15 is 0 Å². The number of hydrogen-bond donors (Lipinski definition) is 0. The van der Waals surface area contributed by atoms with Crippen LogP contribution in [-0.2, 0) is 27.1 Å². The first-order chi connectivity index (χ1) is 35.4. The van der Waals surface area contributed by atoms with Gasteiger partial charge in [0.2, 0.25) is 0 Å². The van der Waals surface area contributed by atoms with Crippen LogP contribution in [0.3, 0.4) is 0 Å². The summed E-state index contributed by atoms with van der Waals surface area (Å²) in [6, 6.07) is 2.56. The van der Waals surface area contributed by atoms with Gasteiger partial charge in [-0.1, -0.05) is 86.8 Å². The van der Waals surface area contributed by atoms with Crippen LogP contribution >= 0.6 is 42.7 Å². The van der Waals surface area contributed by atoms with E-state index in [-0.39, 0.29) is 7.43 Å². The van der Waals surface area contributed by atoms with E-state index in [4.69, 9.17) is 27.1 Å². The van der Waals surface area contributed by atoms with E-state index in [0.717, 1.165) is 56.7 Å². The van der Waals surface area contributed by atoms with Crippen molar-refractivity contribution in [2.75, 3.05) is 194 Å². The topological polar surface area (TPSA) is 74.8 Å². The van der Waals surface area contributed by atoms with E-state index < -0.39 is 42.7 Å². The Hall–Kier alpha value is 1.32. The first kappa shape index (κ1) is 80.3. The number of likely N-dealkylation sites (N-methyl/N-ethyl adjacent to an activating group) is 5. The molecule has 0 N–H and O–H groups in total. The number of likely N-dealkylation sites (tertiary alicyclic amines) is 6. The fourth-order valence-corrected chi connectivity index (χ4v) is 16.0. The van der Waals surface area contributed by atoms with Crippen LogP contribution in [0, 0.1) is 29.6 Å². The van der Waals surface area contributed by atoms with Gasteiger partial charge in [0.1, 0.15) is 0 Å². The average Bonchev–Trinajstić information content (AvgIpc) is 4.11. The standard InChI is InChI=1S/6C10H22NOP.CH4/c1-9-6-11(2)7-10(9)8-12-13(3,4)5;1-9-6-10(11(2)7-9)8-12-13(3,4)5;1-9-6-7-11(2)10(9)8-12-13(3,4)5;1-6-9-7-11(2)8-10(9)12-13(3,4)5;1-6-9-7-10(8-11(9)2)12-13(3,4)5;1-6-9-10(7-8-11(9)2)12-13(3,4)5;/h6*9-10H,3,6-8H2,1-2,4-5H3;1H4. The molecule has 0 saturated carbocycles. The van der Waals surface area contributed by atoms with Crippen molar-refractivity contribution in [3.8, 4) is 0 Å². The van der Waals surface area contributed by atoms with Crippen LogP contribution in [0.15, 0.2) is 0 Å². The van der Waals surface area contributed by atoms with Crippen molar-refractivity contribution in [2.45, 2.75) is 136 Å². The highest BCUT2D eigenvalue weighted by molar-refractivity contribution is 7.69. The fraction of sp³-hybridized carbons (Fsp3) is 0.902. The molecule has 18 heteroatoms. The Bertz CT molecular complexity index is 1900. The van der Waals surface area contributed by atoms with Gasteiger partial charge in [-0.15, -0.1) is 0 Å². The highest BCUT2D eigenvalue weighted by atomic mass is 31.2. The maximum atomic E-state index is 6.03. The second-order valence-electron chi connectivity index (χ2n) is 27.9. The van der Waals surface area contributed by atoms with E-state index in [1.165, 1.54) is 84.2 Å². The van der Waals surface area contributed by atoms with Gasteiger partial charge in [-0.2, -0.15) is 0 Å². The quantitative estimate of drug-likeness (QED) is 0.123. The Balaban J connectivity index is 0.000000922. The lowest BCUT2D eigenvalue weighted by Crippen LogP contribution is -2.32. The molecule has 0 aliphatic carbocycles. The second-order valence-corrected chi connectivity index (χ2v) is 48.2. The van der Waals surface area contributed by atoms with Gasteiger partial charge in [-0.05, 0) is 246 Å². The first-order valence-corrected chi connectivity index (χ1v) is 46.4. The minimum atomic E-state index is -1.32. The third-order valence-electron chi connectivity index (χ3n) is 15.5. The molecule has 6 heterocycles. The van der Waals surface area contributed by atoms with Gasteiger partial charge in [-0.25, -0.2) is 0 Å². The second kappa shape index (κ2) is 36.6. The van der Waals surface area contributed by atoms with Crippen LogP contribution in [0.2, 0.25) is 0 Å². The molecule has 6 saturated heterocycles. The smallest absolute Gasteiger partial charge is 0.0782 e. The van der Waals surface area contributed by atoms with Crippen molar-refractivity contribution in [3.63, 3.8) is 0 Å². The molecule has 0 bridgehead atoms. The summed E-state index contributed by atoms with van der Waals surface area (Å²) in [5.41, 5.74) is 0. The molecule has 0 amide bonds. The van der Waals surface area contributed by atoms with Crippen LogP contribution < -0.4 is 0 Å². The van der Waals surface area contributed by atoms with Gasteiger partial charge in [0.15, 0.2) is 0 Å². The molecule has 12 unspecified atom stereocenters. The number of nitrogens with zero attached hydrogens (tertiary/aromatic N) is 6. The third kappa shape index (κ3) is 36.3. The summed E-state index contributed by atoms with van der Waals surface area (Å²) in [7, 11) is 5.28.